The molecule has 0 aliphatic rings. The molecule has 0 bridgehead atoms. The standard InChI is InChI=1S/C28H29F4N3O3.C7H8/c1-4-37-25(36)8-6-19-18-10-12-33-23(18)14-22(30)26(19)38-17-5-7-21(29)20(13-17)27-34-15-24(35-27)16(2)9-11-28(3,31)32;1-7-5-3-2-4-6-7/h5,7,10,12-16,33H,4,6,8-9,11H2,1-3H3,(H,34,35);2-6H,1H3. The minimum absolute atomic E-state index is 0.0277. The fraction of sp³-hybridized carbons (Fsp3) is 0.314. The number of carbonyl (C=O) groups excluding carboxylic acids is 1. The van der Waals surface area contributed by atoms with Gasteiger partial charge in [-0.05, 0) is 63.8 Å². The number of nitrogens with one attached hydrogen (secondary N) is 2. The van der Waals surface area contributed by atoms with Gasteiger partial charge in [-0.15, -0.1) is 0 Å². The van der Waals surface area contributed by atoms with Crippen molar-refractivity contribution in [2.24, 2.45) is 0 Å². The van der Waals surface area contributed by atoms with Crippen molar-refractivity contribution in [2.75, 3.05) is 6.61 Å². The lowest BCUT2D eigenvalue weighted by Crippen LogP contribution is -2.10. The summed E-state index contributed by atoms with van der Waals surface area (Å²) in [5.74, 6) is -4.39. The lowest BCUT2D eigenvalue weighted by Gasteiger charge is -2.15. The van der Waals surface area contributed by atoms with Crippen LogP contribution in [0.1, 0.15) is 62.8 Å². The predicted octanol–water partition coefficient (Wildman–Crippen LogP) is 9.66. The molecule has 238 valence electrons. The Morgan fingerprint density at radius 3 is 2.47 bits per heavy atom. The van der Waals surface area contributed by atoms with Crippen LogP contribution in [0.5, 0.6) is 11.5 Å². The maximum atomic E-state index is 15.2. The molecule has 45 heavy (non-hydrogen) atoms. The molecule has 6 nitrogen and oxygen atoms in total. The Balaban J connectivity index is 0.000000580. The number of nitrogens with zero attached hydrogens (tertiary/aromatic N) is 1. The zero-order chi connectivity index (χ0) is 32.6. The number of alkyl halides is 2. The third-order valence-electron chi connectivity index (χ3n) is 7.25. The summed E-state index contributed by atoms with van der Waals surface area (Å²) >= 11 is 0. The molecule has 0 radical (unpaired) electrons. The van der Waals surface area contributed by atoms with E-state index in [4.69, 9.17) is 9.47 Å². The molecule has 5 aromatic rings. The average Bonchev–Trinajstić information content (AvgIpc) is 3.67. The summed E-state index contributed by atoms with van der Waals surface area (Å²) in [4.78, 5) is 22.2. The molecular weight excluding hydrogens is 586 g/mol. The number of benzene rings is 3. The number of esters is 1. The summed E-state index contributed by atoms with van der Waals surface area (Å²) in [7, 11) is 0. The van der Waals surface area contributed by atoms with E-state index in [1.165, 1.54) is 36.0 Å². The molecule has 1 unspecified atom stereocenters. The van der Waals surface area contributed by atoms with Crippen LogP contribution in [0, 0.1) is 18.6 Å². The number of imidazole rings is 1. The molecule has 0 spiro atoms. The molecule has 2 heterocycles. The van der Waals surface area contributed by atoms with Crippen LogP contribution in [-0.2, 0) is 16.0 Å². The highest BCUT2D eigenvalue weighted by Crippen LogP contribution is 2.37. The Morgan fingerprint density at radius 2 is 1.80 bits per heavy atom. The lowest BCUT2D eigenvalue weighted by atomic mass is 10.0. The van der Waals surface area contributed by atoms with Gasteiger partial charge in [0, 0.05) is 53.5 Å². The summed E-state index contributed by atoms with van der Waals surface area (Å²) in [6, 6.07) is 17.3. The van der Waals surface area contributed by atoms with Crippen molar-refractivity contribution in [3.63, 3.8) is 0 Å². The zero-order valence-corrected chi connectivity index (χ0v) is 25.7. The van der Waals surface area contributed by atoms with Crippen molar-refractivity contribution in [3.05, 3.63) is 102 Å². The molecule has 0 saturated carbocycles. The minimum Gasteiger partial charge on any atom is -0.466 e. The maximum absolute atomic E-state index is 15.2. The Kier molecular flexibility index (Phi) is 11.0. The summed E-state index contributed by atoms with van der Waals surface area (Å²) in [5, 5.41) is 0.690. The molecule has 0 fully saturated rings. The first-order valence-electron chi connectivity index (χ1n) is 14.8. The van der Waals surface area contributed by atoms with Gasteiger partial charge < -0.3 is 19.4 Å². The van der Waals surface area contributed by atoms with Gasteiger partial charge in [0.05, 0.1) is 12.2 Å². The van der Waals surface area contributed by atoms with Crippen LogP contribution in [0.3, 0.4) is 0 Å². The quantitative estimate of drug-likeness (QED) is 0.113. The normalized spacial score (nSPS) is 12.0. The average molecular weight is 624 g/mol. The molecule has 5 rings (SSSR count). The molecule has 0 aliphatic carbocycles. The van der Waals surface area contributed by atoms with Gasteiger partial charge >= 0.3 is 5.97 Å². The van der Waals surface area contributed by atoms with E-state index in [1.807, 2.05) is 18.2 Å². The molecule has 2 aromatic heterocycles. The SMILES string of the molecule is CCOC(=O)CCc1c(Oc2ccc(F)c(-c3ncc(C(C)CCC(C)(F)F)[nH]3)c2)c(F)cc2[nH]ccc12.Cc1ccccc1. The number of carbonyl (C=O) groups is 1. The number of H-pyrrole nitrogens is 2. The van der Waals surface area contributed by atoms with Crippen LogP contribution < -0.4 is 4.74 Å². The van der Waals surface area contributed by atoms with E-state index in [1.54, 1.807) is 26.1 Å². The smallest absolute Gasteiger partial charge is 0.306 e. The van der Waals surface area contributed by atoms with Crippen LogP contribution in [0.4, 0.5) is 17.6 Å². The number of hydrogen-bond acceptors (Lipinski definition) is 4. The number of halogens is 4. The Hall–Kier alpha value is -4.60. The number of aromatic amines is 2. The topological polar surface area (TPSA) is 80.0 Å². The van der Waals surface area contributed by atoms with Crippen molar-refractivity contribution >= 4 is 16.9 Å². The summed E-state index contributed by atoms with van der Waals surface area (Å²) in [5.41, 5.74) is 3.02. The fourth-order valence-electron chi connectivity index (χ4n) is 4.79. The molecule has 3 aromatic carbocycles. The third kappa shape index (κ3) is 9.20. The second-order valence-corrected chi connectivity index (χ2v) is 11.0. The number of fused-ring (bicyclic) bond motifs is 1. The van der Waals surface area contributed by atoms with Crippen molar-refractivity contribution in [1.29, 1.82) is 0 Å². The molecule has 0 aliphatic heterocycles. The van der Waals surface area contributed by atoms with E-state index in [2.05, 4.69) is 34.0 Å². The van der Waals surface area contributed by atoms with Crippen LogP contribution in [0.25, 0.3) is 22.3 Å². The Bertz CT molecular complexity index is 1710. The van der Waals surface area contributed by atoms with Crippen molar-refractivity contribution < 1.29 is 31.8 Å². The number of ether oxygens (including phenoxy) is 2. The van der Waals surface area contributed by atoms with Crippen LogP contribution in [0.2, 0.25) is 0 Å². The molecule has 0 saturated heterocycles. The number of aryl methyl sites for hydroxylation is 2. The highest BCUT2D eigenvalue weighted by molar-refractivity contribution is 5.86. The van der Waals surface area contributed by atoms with Crippen LogP contribution in [0.15, 0.2) is 73.1 Å². The largest absolute Gasteiger partial charge is 0.466 e. The molecule has 2 N–H and O–H groups in total. The maximum Gasteiger partial charge on any atom is 0.306 e. The number of hydrogen-bond donors (Lipinski definition) is 2. The van der Waals surface area contributed by atoms with E-state index in [9.17, 15) is 18.0 Å². The van der Waals surface area contributed by atoms with E-state index in [-0.39, 0.29) is 61.1 Å². The van der Waals surface area contributed by atoms with Crippen LogP contribution in [-0.4, -0.2) is 33.5 Å². The van der Waals surface area contributed by atoms with Gasteiger partial charge in [-0.3, -0.25) is 4.79 Å². The van der Waals surface area contributed by atoms with E-state index in [0.29, 0.717) is 22.2 Å². The van der Waals surface area contributed by atoms with E-state index in [0.717, 1.165) is 6.92 Å². The fourth-order valence-corrected chi connectivity index (χ4v) is 4.79. The molecule has 0 amide bonds. The summed E-state index contributed by atoms with van der Waals surface area (Å²) in [6.07, 6.45) is 3.30. The first-order chi connectivity index (χ1) is 21.4. The molecule has 10 heteroatoms. The monoisotopic (exact) mass is 623 g/mol. The minimum atomic E-state index is -2.78. The van der Waals surface area contributed by atoms with Gasteiger partial charge in [0.2, 0.25) is 5.92 Å². The highest BCUT2D eigenvalue weighted by atomic mass is 19.3. The first kappa shape index (κ1) is 33.3. The predicted molar refractivity (Wildman–Crippen MR) is 167 cm³/mol. The summed E-state index contributed by atoms with van der Waals surface area (Å²) in [6.45, 7) is 6.69. The number of rotatable bonds is 11. The summed E-state index contributed by atoms with van der Waals surface area (Å²) < 4.78 is 67.4. The van der Waals surface area contributed by atoms with E-state index < -0.39 is 23.5 Å². The third-order valence-corrected chi connectivity index (χ3v) is 7.25. The van der Waals surface area contributed by atoms with Crippen molar-refractivity contribution in [3.8, 4) is 22.9 Å². The lowest BCUT2D eigenvalue weighted by molar-refractivity contribution is -0.143. The van der Waals surface area contributed by atoms with Gasteiger partial charge in [-0.25, -0.2) is 22.5 Å². The van der Waals surface area contributed by atoms with Crippen molar-refractivity contribution in [2.45, 2.75) is 65.2 Å². The second-order valence-electron chi connectivity index (χ2n) is 11.0. The second kappa shape index (κ2) is 14.9. The Labute approximate surface area is 259 Å². The zero-order valence-electron chi connectivity index (χ0n) is 25.7. The molecule has 1 atom stereocenters. The van der Waals surface area contributed by atoms with Gasteiger partial charge in [0.15, 0.2) is 11.6 Å². The first-order valence-corrected chi connectivity index (χ1v) is 14.8. The van der Waals surface area contributed by atoms with Gasteiger partial charge in [0.1, 0.15) is 17.4 Å². The molecular formula is C35H37F4N3O3. The van der Waals surface area contributed by atoms with E-state index >= 15 is 4.39 Å². The van der Waals surface area contributed by atoms with Gasteiger partial charge in [-0.2, -0.15) is 0 Å². The van der Waals surface area contributed by atoms with Crippen molar-refractivity contribution in [1.82, 2.24) is 15.0 Å². The van der Waals surface area contributed by atoms with Gasteiger partial charge in [0.25, 0.3) is 0 Å². The Morgan fingerprint density at radius 1 is 1.04 bits per heavy atom. The van der Waals surface area contributed by atoms with Gasteiger partial charge in [-0.1, -0.05) is 42.8 Å². The number of aromatic nitrogens is 3. The highest BCUT2D eigenvalue weighted by Gasteiger charge is 2.23. The van der Waals surface area contributed by atoms with Crippen LogP contribution >= 0.6 is 0 Å².